The smallest absolute Gasteiger partial charge is 0.363 e. The molecule has 3 heteroatoms. The number of nitrogens with zero attached hydrogens (tertiary/aromatic N) is 1. The van der Waals surface area contributed by atoms with Gasteiger partial charge < -0.3 is 4.74 Å². The van der Waals surface area contributed by atoms with Crippen LogP contribution in [0.5, 0.6) is 0 Å². The zero-order chi connectivity index (χ0) is 11.5. The van der Waals surface area contributed by atoms with Gasteiger partial charge >= 0.3 is 5.97 Å². The molecule has 0 N–H and O–H groups in total. The van der Waals surface area contributed by atoms with Crippen LogP contribution >= 0.6 is 0 Å². The molecule has 0 unspecified atom stereocenters. The van der Waals surface area contributed by atoms with Crippen LogP contribution in [0.2, 0.25) is 0 Å². The lowest BCUT2D eigenvalue weighted by Crippen LogP contribution is -2.00. The molecule has 82 valence electrons. The molecule has 0 amide bonds. The molecule has 1 aliphatic rings. The number of carbonyl (C=O) groups is 1. The average molecular weight is 215 g/mol. The number of aryl methyl sites for hydroxylation is 1. The first-order valence-electron chi connectivity index (χ1n) is 5.27. The fourth-order valence-electron chi connectivity index (χ4n) is 1.66. The number of hydrogen-bond acceptors (Lipinski definition) is 3. The van der Waals surface area contributed by atoms with E-state index < -0.39 is 0 Å². The van der Waals surface area contributed by atoms with E-state index in [4.69, 9.17) is 4.74 Å². The van der Waals surface area contributed by atoms with Crippen molar-refractivity contribution in [1.82, 2.24) is 0 Å². The molecule has 1 aromatic rings. The van der Waals surface area contributed by atoms with Crippen molar-refractivity contribution in [3.8, 4) is 0 Å². The second-order valence-electron chi connectivity index (χ2n) is 3.60. The topological polar surface area (TPSA) is 38.7 Å². The highest BCUT2D eigenvalue weighted by Gasteiger charge is 2.19. The molecule has 0 bridgehead atoms. The van der Waals surface area contributed by atoms with Crippen LogP contribution in [0, 0.1) is 0 Å². The molecule has 0 atom stereocenters. The summed E-state index contributed by atoms with van der Waals surface area (Å²) < 4.78 is 4.86. The maximum atomic E-state index is 11.4. The third-order valence-corrected chi connectivity index (χ3v) is 2.46. The highest BCUT2D eigenvalue weighted by Crippen LogP contribution is 2.18. The number of carbonyl (C=O) groups excluding carboxylic acids is 1. The van der Waals surface area contributed by atoms with Gasteiger partial charge in [-0.2, -0.15) is 0 Å². The van der Waals surface area contributed by atoms with Crippen LogP contribution in [0.1, 0.15) is 25.0 Å². The first-order chi connectivity index (χ1) is 7.70. The summed E-state index contributed by atoms with van der Waals surface area (Å²) in [5.41, 5.74) is 2.59. The predicted octanol–water partition coefficient (Wildman–Crippen LogP) is 2.57. The molecule has 0 radical (unpaired) electrons. The largest absolute Gasteiger partial charge is 0.407 e. The minimum atomic E-state index is -0.372. The second kappa shape index (κ2) is 4.31. The van der Waals surface area contributed by atoms with Gasteiger partial charge in [-0.15, -0.1) is 0 Å². The van der Waals surface area contributed by atoms with Gasteiger partial charge in [0, 0.05) is 6.92 Å². The van der Waals surface area contributed by atoms with Gasteiger partial charge in [0.25, 0.3) is 0 Å². The van der Waals surface area contributed by atoms with Crippen LogP contribution < -0.4 is 0 Å². The van der Waals surface area contributed by atoms with Gasteiger partial charge in [-0.3, -0.25) is 0 Å². The van der Waals surface area contributed by atoms with E-state index in [1.165, 1.54) is 5.56 Å². The molecule has 0 aliphatic carbocycles. The molecular weight excluding hydrogens is 202 g/mol. The van der Waals surface area contributed by atoms with E-state index in [1.807, 2.05) is 24.3 Å². The van der Waals surface area contributed by atoms with Crippen molar-refractivity contribution < 1.29 is 9.53 Å². The zero-order valence-corrected chi connectivity index (χ0v) is 9.36. The highest BCUT2D eigenvalue weighted by atomic mass is 16.6. The number of hydrogen-bond donors (Lipinski definition) is 0. The van der Waals surface area contributed by atoms with E-state index >= 15 is 0 Å². The Morgan fingerprint density at radius 1 is 1.38 bits per heavy atom. The lowest BCUT2D eigenvalue weighted by atomic mass is 10.0. The summed E-state index contributed by atoms with van der Waals surface area (Å²) in [6, 6.07) is 7.95. The van der Waals surface area contributed by atoms with E-state index in [1.54, 1.807) is 13.0 Å². The van der Waals surface area contributed by atoms with Gasteiger partial charge in [0.05, 0.1) is 0 Å². The lowest BCUT2D eigenvalue weighted by molar-refractivity contribution is -0.130. The third kappa shape index (κ3) is 2.03. The Morgan fingerprint density at radius 2 is 2.12 bits per heavy atom. The summed E-state index contributed by atoms with van der Waals surface area (Å²) in [5, 5.41) is 0. The van der Waals surface area contributed by atoms with Gasteiger partial charge in [0.2, 0.25) is 0 Å². The summed E-state index contributed by atoms with van der Waals surface area (Å²) in [5.74, 6) is 0.0358. The van der Waals surface area contributed by atoms with Crippen molar-refractivity contribution in [1.29, 1.82) is 0 Å². The standard InChI is InChI=1S/C13H13NO2/c1-3-10-6-4-5-7-11(10)8-12-13(15)16-9(2)14-12/h4-8H,3H2,1-2H3. The van der Waals surface area contributed by atoms with Crippen molar-refractivity contribution >= 4 is 17.9 Å². The first kappa shape index (κ1) is 10.6. The second-order valence-corrected chi connectivity index (χ2v) is 3.60. The SMILES string of the molecule is CCc1ccccc1C=C1N=C(C)OC1=O. The molecule has 1 aliphatic heterocycles. The normalized spacial score (nSPS) is 17.5. The highest BCUT2D eigenvalue weighted by molar-refractivity contribution is 6.06. The number of rotatable bonds is 2. The summed E-state index contributed by atoms with van der Waals surface area (Å²) >= 11 is 0. The van der Waals surface area contributed by atoms with Crippen LogP contribution in [0.15, 0.2) is 35.0 Å². The van der Waals surface area contributed by atoms with E-state index in [0.717, 1.165) is 12.0 Å². The Balaban J connectivity index is 2.39. The van der Waals surface area contributed by atoms with Crippen molar-refractivity contribution in [2.45, 2.75) is 20.3 Å². The molecule has 0 saturated carbocycles. The Bertz CT molecular complexity index is 486. The molecule has 1 aromatic carbocycles. The summed E-state index contributed by atoms with van der Waals surface area (Å²) in [7, 11) is 0. The van der Waals surface area contributed by atoms with Gasteiger partial charge in [-0.1, -0.05) is 31.2 Å². The van der Waals surface area contributed by atoms with Crippen molar-refractivity contribution in [3.63, 3.8) is 0 Å². The Kier molecular flexibility index (Phi) is 2.86. The molecule has 0 saturated heterocycles. The van der Waals surface area contributed by atoms with E-state index in [0.29, 0.717) is 11.6 Å². The molecular formula is C13H13NO2. The molecule has 0 spiro atoms. The molecule has 16 heavy (non-hydrogen) atoms. The number of esters is 1. The Hall–Kier alpha value is -1.90. The molecule has 3 nitrogen and oxygen atoms in total. The average Bonchev–Trinajstić information content (AvgIpc) is 2.58. The number of aliphatic imine (C=N–C) groups is 1. The summed E-state index contributed by atoms with van der Waals surface area (Å²) in [4.78, 5) is 15.4. The van der Waals surface area contributed by atoms with Crippen LogP contribution in [0.3, 0.4) is 0 Å². The van der Waals surface area contributed by atoms with Crippen molar-refractivity contribution in [2.75, 3.05) is 0 Å². The third-order valence-electron chi connectivity index (χ3n) is 2.46. The van der Waals surface area contributed by atoms with Crippen molar-refractivity contribution in [2.24, 2.45) is 4.99 Å². The Morgan fingerprint density at radius 3 is 2.75 bits per heavy atom. The van der Waals surface area contributed by atoms with Gasteiger partial charge in [0.1, 0.15) is 0 Å². The lowest BCUT2D eigenvalue weighted by Gasteiger charge is -2.01. The van der Waals surface area contributed by atoms with Crippen LogP contribution in [0.4, 0.5) is 0 Å². The van der Waals surface area contributed by atoms with Gasteiger partial charge in [-0.05, 0) is 23.6 Å². The fraction of sp³-hybridized carbons (Fsp3) is 0.231. The molecule has 2 rings (SSSR count). The predicted molar refractivity (Wildman–Crippen MR) is 63.0 cm³/mol. The molecule has 1 heterocycles. The zero-order valence-electron chi connectivity index (χ0n) is 9.36. The van der Waals surface area contributed by atoms with E-state index in [-0.39, 0.29) is 5.97 Å². The van der Waals surface area contributed by atoms with Crippen LogP contribution in [-0.2, 0) is 16.0 Å². The van der Waals surface area contributed by atoms with Gasteiger partial charge in [-0.25, -0.2) is 9.79 Å². The van der Waals surface area contributed by atoms with Crippen molar-refractivity contribution in [3.05, 3.63) is 41.1 Å². The van der Waals surface area contributed by atoms with E-state index in [9.17, 15) is 4.79 Å². The molecule has 0 fully saturated rings. The quantitative estimate of drug-likeness (QED) is 0.561. The monoisotopic (exact) mass is 215 g/mol. The van der Waals surface area contributed by atoms with E-state index in [2.05, 4.69) is 11.9 Å². The van der Waals surface area contributed by atoms with Gasteiger partial charge in [0.15, 0.2) is 11.6 Å². The molecule has 0 aromatic heterocycles. The minimum Gasteiger partial charge on any atom is -0.407 e. The summed E-state index contributed by atoms with van der Waals surface area (Å²) in [6.07, 6.45) is 2.70. The fourth-order valence-corrected chi connectivity index (χ4v) is 1.66. The summed E-state index contributed by atoms with van der Waals surface area (Å²) in [6.45, 7) is 3.75. The van der Waals surface area contributed by atoms with Crippen LogP contribution in [0.25, 0.3) is 6.08 Å². The Labute approximate surface area is 94.5 Å². The number of cyclic esters (lactones) is 1. The first-order valence-corrected chi connectivity index (χ1v) is 5.27. The number of benzene rings is 1. The van der Waals surface area contributed by atoms with Crippen LogP contribution in [-0.4, -0.2) is 11.9 Å². The maximum Gasteiger partial charge on any atom is 0.363 e. The minimum absolute atomic E-state index is 0.372. The maximum absolute atomic E-state index is 11.4. The number of ether oxygens (including phenoxy) is 1.